The van der Waals surface area contributed by atoms with Crippen LogP contribution in [0.3, 0.4) is 0 Å². The highest BCUT2D eigenvalue weighted by atomic mass is 79.9. The molecule has 0 radical (unpaired) electrons. The van der Waals surface area contributed by atoms with Crippen molar-refractivity contribution in [2.24, 2.45) is 5.73 Å². The van der Waals surface area contributed by atoms with Crippen LogP contribution in [0.1, 0.15) is 11.3 Å². The van der Waals surface area contributed by atoms with Crippen LogP contribution in [0.15, 0.2) is 15.9 Å². The molecule has 1 aromatic rings. The van der Waals surface area contributed by atoms with Crippen LogP contribution in [0.5, 0.6) is 0 Å². The summed E-state index contributed by atoms with van der Waals surface area (Å²) in [5.74, 6) is 0. The van der Waals surface area contributed by atoms with Gasteiger partial charge in [0.05, 0.1) is 10.4 Å². The summed E-state index contributed by atoms with van der Waals surface area (Å²) in [4.78, 5) is 1.37. The first-order valence-electron chi connectivity index (χ1n) is 4.21. The summed E-state index contributed by atoms with van der Waals surface area (Å²) >= 11 is 5.20. The van der Waals surface area contributed by atoms with Gasteiger partial charge in [-0.05, 0) is 40.9 Å². The number of hydrogen-bond acceptors (Lipinski definition) is 3. The Hall–Kier alpha value is 0.1000. The number of aryl methyl sites for hydroxylation is 1. The SMILES string of the molecule is COCC(N)CCc1ccc(Br)s1. The van der Waals surface area contributed by atoms with Crippen LogP contribution in [0.25, 0.3) is 0 Å². The van der Waals surface area contributed by atoms with Crippen molar-refractivity contribution in [1.29, 1.82) is 0 Å². The molecule has 0 aromatic carbocycles. The lowest BCUT2D eigenvalue weighted by Gasteiger charge is -2.08. The van der Waals surface area contributed by atoms with Gasteiger partial charge in [-0.1, -0.05) is 0 Å². The molecule has 1 atom stereocenters. The zero-order valence-corrected chi connectivity index (χ0v) is 10.0. The first kappa shape index (κ1) is 11.2. The smallest absolute Gasteiger partial charge is 0.0701 e. The standard InChI is InChI=1S/C9H14BrNOS/c1-12-6-7(11)2-3-8-4-5-9(10)13-8/h4-5,7H,2-3,6,11H2,1H3. The molecule has 0 saturated heterocycles. The van der Waals surface area contributed by atoms with Crippen molar-refractivity contribution < 1.29 is 4.74 Å². The van der Waals surface area contributed by atoms with Crippen LogP contribution < -0.4 is 5.73 Å². The van der Waals surface area contributed by atoms with Gasteiger partial charge >= 0.3 is 0 Å². The van der Waals surface area contributed by atoms with E-state index in [9.17, 15) is 0 Å². The Morgan fingerprint density at radius 1 is 1.62 bits per heavy atom. The molecule has 0 aliphatic heterocycles. The third-order valence-electron chi connectivity index (χ3n) is 1.77. The molecular weight excluding hydrogens is 250 g/mol. The van der Waals surface area contributed by atoms with Gasteiger partial charge in [-0.3, -0.25) is 0 Å². The van der Waals surface area contributed by atoms with E-state index in [4.69, 9.17) is 10.5 Å². The van der Waals surface area contributed by atoms with Gasteiger partial charge in [-0.15, -0.1) is 11.3 Å². The van der Waals surface area contributed by atoms with Gasteiger partial charge in [0.1, 0.15) is 0 Å². The van der Waals surface area contributed by atoms with Gasteiger partial charge in [0, 0.05) is 18.0 Å². The second-order valence-corrected chi connectivity index (χ2v) is 5.51. The molecule has 0 aliphatic rings. The number of thiophene rings is 1. The minimum absolute atomic E-state index is 0.158. The van der Waals surface area contributed by atoms with Crippen LogP contribution in [-0.4, -0.2) is 19.8 Å². The molecule has 2 N–H and O–H groups in total. The Bertz CT molecular complexity index is 252. The molecule has 4 heteroatoms. The summed E-state index contributed by atoms with van der Waals surface area (Å²) in [6.45, 7) is 0.645. The average Bonchev–Trinajstić information content (AvgIpc) is 2.49. The summed E-state index contributed by atoms with van der Waals surface area (Å²) in [7, 11) is 1.68. The Labute approximate surface area is 91.2 Å². The molecule has 0 amide bonds. The van der Waals surface area contributed by atoms with Crippen molar-refractivity contribution in [3.8, 4) is 0 Å². The Kier molecular flexibility index (Phi) is 4.94. The molecule has 74 valence electrons. The predicted octanol–water partition coefficient (Wildman–Crippen LogP) is 2.42. The van der Waals surface area contributed by atoms with Crippen LogP contribution in [-0.2, 0) is 11.2 Å². The van der Waals surface area contributed by atoms with E-state index < -0.39 is 0 Å². The fraction of sp³-hybridized carbons (Fsp3) is 0.556. The maximum absolute atomic E-state index is 5.81. The molecule has 1 heterocycles. The van der Waals surface area contributed by atoms with Gasteiger partial charge in [0.15, 0.2) is 0 Å². The molecule has 0 spiro atoms. The second kappa shape index (κ2) is 5.75. The zero-order chi connectivity index (χ0) is 9.68. The van der Waals surface area contributed by atoms with Crippen LogP contribution in [0.2, 0.25) is 0 Å². The van der Waals surface area contributed by atoms with E-state index in [1.54, 1.807) is 18.4 Å². The molecule has 0 saturated carbocycles. The lowest BCUT2D eigenvalue weighted by molar-refractivity contribution is 0.177. The van der Waals surface area contributed by atoms with Crippen molar-refractivity contribution >= 4 is 27.3 Å². The lowest BCUT2D eigenvalue weighted by atomic mass is 10.1. The Balaban J connectivity index is 2.26. The van der Waals surface area contributed by atoms with E-state index in [-0.39, 0.29) is 6.04 Å². The largest absolute Gasteiger partial charge is 0.383 e. The van der Waals surface area contributed by atoms with Gasteiger partial charge in [-0.2, -0.15) is 0 Å². The predicted molar refractivity (Wildman–Crippen MR) is 60.2 cm³/mol. The molecular formula is C9H14BrNOS. The molecule has 0 fully saturated rings. The van der Waals surface area contributed by atoms with Crippen molar-refractivity contribution in [3.63, 3.8) is 0 Å². The van der Waals surface area contributed by atoms with E-state index in [0.717, 1.165) is 12.8 Å². The molecule has 2 nitrogen and oxygen atoms in total. The van der Waals surface area contributed by atoms with Gasteiger partial charge < -0.3 is 10.5 Å². The summed E-state index contributed by atoms with van der Waals surface area (Å²) < 4.78 is 6.15. The highest BCUT2D eigenvalue weighted by molar-refractivity contribution is 9.11. The first-order chi connectivity index (χ1) is 6.22. The number of halogens is 1. The molecule has 1 aromatic heterocycles. The van der Waals surface area contributed by atoms with Crippen molar-refractivity contribution in [2.75, 3.05) is 13.7 Å². The highest BCUT2D eigenvalue weighted by Crippen LogP contribution is 2.23. The fourth-order valence-electron chi connectivity index (χ4n) is 1.11. The van der Waals surface area contributed by atoms with Gasteiger partial charge in [-0.25, -0.2) is 0 Å². The van der Waals surface area contributed by atoms with Crippen LogP contribution in [0, 0.1) is 0 Å². The maximum atomic E-state index is 5.81. The van der Waals surface area contributed by atoms with E-state index >= 15 is 0 Å². The summed E-state index contributed by atoms with van der Waals surface area (Å²) in [6.07, 6.45) is 2.03. The van der Waals surface area contributed by atoms with Gasteiger partial charge in [0.2, 0.25) is 0 Å². The summed E-state index contributed by atoms with van der Waals surface area (Å²) in [5, 5.41) is 0. The third kappa shape index (κ3) is 4.22. The summed E-state index contributed by atoms with van der Waals surface area (Å²) in [5.41, 5.74) is 5.81. The van der Waals surface area contributed by atoms with Crippen LogP contribution in [0.4, 0.5) is 0 Å². The fourth-order valence-corrected chi connectivity index (χ4v) is 2.61. The molecule has 1 rings (SSSR count). The van der Waals surface area contributed by atoms with E-state index in [1.807, 2.05) is 0 Å². The Morgan fingerprint density at radius 2 is 2.38 bits per heavy atom. The molecule has 0 aliphatic carbocycles. The molecule has 1 unspecified atom stereocenters. The normalized spacial score (nSPS) is 13.2. The summed E-state index contributed by atoms with van der Waals surface area (Å²) in [6, 6.07) is 4.36. The number of rotatable bonds is 5. The van der Waals surface area contributed by atoms with Crippen molar-refractivity contribution in [2.45, 2.75) is 18.9 Å². The average molecular weight is 264 g/mol. The van der Waals surface area contributed by atoms with Crippen molar-refractivity contribution in [3.05, 3.63) is 20.8 Å². The molecule has 13 heavy (non-hydrogen) atoms. The Morgan fingerprint density at radius 3 is 2.92 bits per heavy atom. The minimum atomic E-state index is 0.158. The quantitative estimate of drug-likeness (QED) is 0.886. The number of methoxy groups -OCH3 is 1. The van der Waals surface area contributed by atoms with Crippen molar-refractivity contribution in [1.82, 2.24) is 0 Å². The maximum Gasteiger partial charge on any atom is 0.0701 e. The van der Waals surface area contributed by atoms with E-state index in [0.29, 0.717) is 6.61 Å². The topological polar surface area (TPSA) is 35.2 Å². The molecule has 0 bridgehead atoms. The van der Waals surface area contributed by atoms with E-state index in [1.165, 1.54) is 8.66 Å². The number of ether oxygens (including phenoxy) is 1. The third-order valence-corrected chi connectivity index (χ3v) is 3.45. The zero-order valence-electron chi connectivity index (χ0n) is 7.63. The highest BCUT2D eigenvalue weighted by Gasteiger charge is 2.03. The van der Waals surface area contributed by atoms with E-state index in [2.05, 4.69) is 28.1 Å². The minimum Gasteiger partial charge on any atom is -0.383 e. The number of hydrogen-bond donors (Lipinski definition) is 1. The first-order valence-corrected chi connectivity index (χ1v) is 5.82. The lowest BCUT2D eigenvalue weighted by Crippen LogP contribution is -2.25. The van der Waals surface area contributed by atoms with Crippen LogP contribution >= 0.6 is 27.3 Å². The monoisotopic (exact) mass is 263 g/mol. The number of nitrogens with two attached hydrogens (primary N) is 1. The van der Waals surface area contributed by atoms with Gasteiger partial charge in [0.25, 0.3) is 0 Å². The second-order valence-electron chi connectivity index (χ2n) is 2.96.